The van der Waals surface area contributed by atoms with Gasteiger partial charge in [-0.15, -0.1) is 0 Å². The van der Waals surface area contributed by atoms with Gasteiger partial charge < -0.3 is 4.90 Å². The van der Waals surface area contributed by atoms with E-state index in [1.165, 1.54) is 12.0 Å². The first-order valence-corrected chi connectivity index (χ1v) is 10.3. The summed E-state index contributed by atoms with van der Waals surface area (Å²) < 4.78 is 0. The minimum atomic E-state index is 0. The van der Waals surface area contributed by atoms with Crippen molar-refractivity contribution in [3.05, 3.63) is 36.5 Å². The van der Waals surface area contributed by atoms with Gasteiger partial charge in [-0.2, -0.15) is 0 Å². The number of nitrogens with zero attached hydrogens (tertiary/aromatic N) is 1. The molecule has 1 aliphatic carbocycles. The quantitative estimate of drug-likeness (QED) is 0.407. The maximum atomic E-state index is 10.7. The Bertz CT molecular complexity index is 440. The Hall–Kier alpha value is -1.15. The minimum Gasteiger partial charge on any atom is -0.305 e. The van der Waals surface area contributed by atoms with Gasteiger partial charge in [-0.1, -0.05) is 85.4 Å². The van der Waals surface area contributed by atoms with Crippen LogP contribution in [-0.2, 0) is 4.79 Å². The number of rotatable bonds is 8. The zero-order chi connectivity index (χ0) is 20.7. The van der Waals surface area contributed by atoms with Crippen molar-refractivity contribution >= 4 is 5.78 Å². The van der Waals surface area contributed by atoms with Gasteiger partial charge in [0.15, 0.2) is 0 Å². The predicted molar refractivity (Wildman–Crippen MR) is 127 cm³/mol. The summed E-state index contributed by atoms with van der Waals surface area (Å²) in [6.45, 7) is 22.6. The van der Waals surface area contributed by atoms with Gasteiger partial charge in [-0.05, 0) is 51.5 Å². The second-order valence-electron chi connectivity index (χ2n) is 7.92. The Morgan fingerprint density at radius 3 is 2.04 bits per heavy atom. The molecule has 0 aromatic rings. The van der Waals surface area contributed by atoms with Crippen molar-refractivity contribution < 1.29 is 6.22 Å². The lowest BCUT2D eigenvalue weighted by Gasteiger charge is -2.25. The SMILES string of the molecule is C.C=C(C)C(C)CN(C)CC1C=CC=CC1.CC.CC(=O)[C@@H](C)CC(C)C.[HH]. The molecule has 0 heterocycles. The highest BCUT2D eigenvalue weighted by atomic mass is 16.1. The van der Waals surface area contributed by atoms with Crippen LogP contribution in [0.3, 0.4) is 0 Å². The maximum Gasteiger partial charge on any atom is 0.132 e. The Balaban J connectivity index is -0.000000194. The minimum absolute atomic E-state index is 0. The molecule has 27 heavy (non-hydrogen) atoms. The highest BCUT2D eigenvalue weighted by Gasteiger charge is 2.11. The van der Waals surface area contributed by atoms with E-state index in [2.05, 4.69) is 70.5 Å². The monoisotopic (exact) mass is 381 g/mol. The lowest BCUT2D eigenvalue weighted by atomic mass is 9.96. The van der Waals surface area contributed by atoms with Crippen LogP contribution in [0.15, 0.2) is 36.5 Å². The van der Waals surface area contributed by atoms with Crippen LogP contribution in [0.25, 0.3) is 0 Å². The number of carbonyl (C=O) groups excluding carboxylic acids is 1. The first-order valence-electron chi connectivity index (χ1n) is 10.3. The van der Waals surface area contributed by atoms with Crippen molar-refractivity contribution in [3.8, 4) is 0 Å². The van der Waals surface area contributed by atoms with Gasteiger partial charge >= 0.3 is 0 Å². The van der Waals surface area contributed by atoms with Crippen molar-refractivity contribution in [1.82, 2.24) is 4.90 Å². The number of Topliss-reactive ketones (excluding diaryl/α,β-unsaturated/α-hetero) is 1. The normalized spacial score (nSPS) is 17.1. The second-order valence-corrected chi connectivity index (χ2v) is 7.92. The molecule has 0 radical (unpaired) electrons. The van der Waals surface area contributed by atoms with Crippen LogP contribution < -0.4 is 0 Å². The number of ketones is 1. The molecule has 1 aliphatic rings. The van der Waals surface area contributed by atoms with E-state index in [-0.39, 0.29) is 14.8 Å². The number of hydrogen-bond acceptors (Lipinski definition) is 2. The fourth-order valence-electron chi connectivity index (χ4n) is 2.74. The van der Waals surface area contributed by atoms with Crippen LogP contribution in [-0.4, -0.2) is 30.8 Å². The summed E-state index contributed by atoms with van der Waals surface area (Å²) in [4.78, 5) is 13.1. The summed E-state index contributed by atoms with van der Waals surface area (Å²) in [6, 6.07) is 0. The van der Waals surface area contributed by atoms with Crippen molar-refractivity contribution in [3.63, 3.8) is 0 Å². The molecule has 0 N–H and O–H groups in total. The molecule has 2 nitrogen and oxygen atoms in total. The summed E-state index contributed by atoms with van der Waals surface area (Å²) in [6.07, 6.45) is 11.1. The predicted octanol–water partition coefficient (Wildman–Crippen LogP) is 7.43. The first kappa shape index (κ1) is 30.6. The zero-order valence-corrected chi connectivity index (χ0v) is 19.0. The van der Waals surface area contributed by atoms with Crippen LogP contribution in [0.4, 0.5) is 0 Å². The summed E-state index contributed by atoms with van der Waals surface area (Å²) in [5, 5.41) is 0. The summed E-state index contributed by atoms with van der Waals surface area (Å²) in [5.41, 5.74) is 1.28. The van der Waals surface area contributed by atoms with E-state index in [0.29, 0.717) is 23.5 Å². The average Bonchev–Trinajstić information content (AvgIpc) is 2.57. The van der Waals surface area contributed by atoms with Gasteiger partial charge in [0, 0.05) is 20.4 Å². The van der Waals surface area contributed by atoms with Gasteiger partial charge in [-0.25, -0.2) is 0 Å². The van der Waals surface area contributed by atoms with E-state index in [0.717, 1.165) is 19.5 Å². The molecule has 0 fully saturated rings. The van der Waals surface area contributed by atoms with E-state index >= 15 is 0 Å². The van der Waals surface area contributed by atoms with Crippen molar-refractivity contribution in [2.24, 2.45) is 23.7 Å². The summed E-state index contributed by atoms with van der Waals surface area (Å²) in [5.74, 6) is 2.49. The van der Waals surface area contributed by atoms with Crippen LogP contribution >= 0.6 is 0 Å². The van der Waals surface area contributed by atoms with E-state index < -0.39 is 0 Å². The van der Waals surface area contributed by atoms with Crippen molar-refractivity contribution in [2.45, 2.75) is 75.7 Å². The standard InChI is InChI=1S/C14H23N.C8H16O.C2H6.CH4.H2/c1-12(2)13(3)10-15(4)11-14-8-6-5-7-9-14;1-6(2)5-7(3)8(4)9;1-2;;/h5-8,13-14H,1,9-11H2,2-4H3;6-7H,5H2,1-4H3;1-2H3;1H4;1H/t;7-;;;/m.0.../s1. The molecule has 0 saturated carbocycles. The van der Waals surface area contributed by atoms with Crippen LogP contribution in [0.2, 0.25) is 0 Å². The molecular weight excluding hydrogens is 330 g/mol. The molecule has 0 aliphatic heterocycles. The molecule has 162 valence electrons. The Labute approximate surface area is 173 Å². The largest absolute Gasteiger partial charge is 0.305 e. The van der Waals surface area contributed by atoms with Crippen molar-refractivity contribution in [2.75, 3.05) is 20.1 Å². The number of hydrogen-bond donors (Lipinski definition) is 0. The molecule has 2 unspecified atom stereocenters. The maximum absolute atomic E-state index is 10.7. The zero-order valence-electron chi connectivity index (χ0n) is 19.0. The highest BCUT2D eigenvalue weighted by molar-refractivity contribution is 5.77. The lowest BCUT2D eigenvalue weighted by Crippen LogP contribution is -2.29. The molecule has 0 spiro atoms. The smallest absolute Gasteiger partial charge is 0.132 e. The molecule has 1 rings (SSSR count). The Morgan fingerprint density at radius 1 is 1.15 bits per heavy atom. The first-order chi connectivity index (χ1) is 12.1. The number of carbonyl (C=O) groups is 1. The van der Waals surface area contributed by atoms with E-state index in [9.17, 15) is 4.79 Å². The average molecular weight is 382 g/mol. The Morgan fingerprint density at radius 2 is 1.70 bits per heavy atom. The Kier molecular flexibility index (Phi) is 20.6. The third-order valence-electron chi connectivity index (χ3n) is 4.56. The van der Waals surface area contributed by atoms with Gasteiger partial charge in [-0.3, -0.25) is 4.79 Å². The molecule has 0 aromatic carbocycles. The molecule has 0 aromatic heterocycles. The van der Waals surface area contributed by atoms with Crippen LogP contribution in [0.5, 0.6) is 0 Å². The van der Waals surface area contributed by atoms with Gasteiger partial charge in [0.2, 0.25) is 0 Å². The van der Waals surface area contributed by atoms with E-state index in [1.807, 2.05) is 20.8 Å². The fourth-order valence-corrected chi connectivity index (χ4v) is 2.74. The third kappa shape index (κ3) is 18.0. The molecule has 0 bridgehead atoms. The second kappa shape index (κ2) is 18.2. The van der Waals surface area contributed by atoms with Gasteiger partial charge in [0.25, 0.3) is 0 Å². The fraction of sp³-hybridized carbons (Fsp3) is 0.720. The summed E-state index contributed by atoms with van der Waals surface area (Å²) >= 11 is 0. The van der Waals surface area contributed by atoms with Crippen LogP contribution in [0, 0.1) is 23.7 Å². The highest BCUT2D eigenvalue weighted by Crippen LogP contribution is 2.15. The third-order valence-corrected chi connectivity index (χ3v) is 4.56. The molecular formula is C25H51NO. The molecule has 2 heteroatoms. The van der Waals surface area contributed by atoms with Crippen molar-refractivity contribution in [1.29, 1.82) is 0 Å². The van der Waals surface area contributed by atoms with Crippen LogP contribution in [0.1, 0.15) is 77.1 Å². The lowest BCUT2D eigenvalue weighted by molar-refractivity contribution is -0.120. The van der Waals surface area contributed by atoms with Gasteiger partial charge in [0.1, 0.15) is 5.78 Å². The van der Waals surface area contributed by atoms with E-state index in [4.69, 9.17) is 0 Å². The van der Waals surface area contributed by atoms with E-state index in [1.54, 1.807) is 6.92 Å². The number of allylic oxidation sites excluding steroid dienone is 3. The topological polar surface area (TPSA) is 20.3 Å². The molecule has 0 saturated heterocycles. The summed E-state index contributed by atoms with van der Waals surface area (Å²) in [7, 11) is 2.20. The molecule has 3 atom stereocenters. The van der Waals surface area contributed by atoms with Gasteiger partial charge in [0.05, 0.1) is 0 Å². The molecule has 0 amide bonds.